The normalized spacial score (nSPS) is 11.6. The summed E-state index contributed by atoms with van der Waals surface area (Å²) in [7, 11) is 1.48. The SMILES string of the molecule is COc1ncc(Cl)cc1-c1nn(CC(C)(C)O)cc1NC(=O)c1cnn2cccnc12. The maximum absolute atomic E-state index is 13.0. The highest BCUT2D eigenvalue weighted by molar-refractivity contribution is 6.30. The molecule has 31 heavy (non-hydrogen) atoms. The van der Waals surface area contributed by atoms with Crippen molar-refractivity contribution >= 4 is 28.8 Å². The van der Waals surface area contributed by atoms with Crippen LogP contribution in [0.4, 0.5) is 5.69 Å². The topological polar surface area (TPSA) is 119 Å². The highest BCUT2D eigenvalue weighted by atomic mass is 35.5. The van der Waals surface area contributed by atoms with Crippen molar-refractivity contribution < 1.29 is 14.6 Å². The lowest BCUT2D eigenvalue weighted by Gasteiger charge is -2.16. The maximum atomic E-state index is 13.0. The molecule has 0 unspecified atom stereocenters. The number of aliphatic hydroxyl groups is 1. The van der Waals surface area contributed by atoms with Crippen LogP contribution in [0.3, 0.4) is 0 Å². The Morgan fingerprint density at radius 2 is 2.13 bits per heavy atom. The monoisotopic (exact) mass is 441 g/mol. The molecule has 4 aromatic rings. The smallest absolute Gasteiger partial charge is 0.261 e. The molecule has 0 spiro atoms. The molecule has 0 radical (unpaired) electrons. The molecule has 10 nitrogen and oxygen atoms in total. The molecule has 1 amide bonds. The molecule has 0 atom stereocenters. The molecule has 0 aliphatic rings. The summed E-state index contributed by atoms with van der Waals surface area (Å²) in [4.78, 5) is 21.4. The van der Waals surface area contributed by atoms with Crippen molar-refractivity contribution in [2.45, 2.75) is 26.0 Å². The average molecular weight is 442 g/mol. The molecule has 0 aliphatic heterocycles. The van der Waals surface area contributed by atoms with Crippen molar-refractivity contribution in [3.63, 3.8) is 0 Å². The van der Waals surface area contributed by atoms with E-state index in [9.17, 15) is 9.90 Å². The zero-order chi connectivity index (χ0) is 22.2. The van der Waals surface area contributed by atoms with Gasteiger partial charge in [0.1, 0.15) is 11.3 Å². The van der Waals surface area contributed by atoms with Crippen LogP contribution >= 0.6 is 11.6 Å². The van der Waals surface area contributed by atoms with Crippen molar-refractivity contribution in [1.82, 2.24) is 29.4 Å². The van der Waals surface area contributed by atoms with E-state index >= 15 is 0 Å². The minimum Gasteiger partial charge on any atom is -0.481 e. The third-order valence-corrected chi connectivity index (χ3v) is 4.56. The van der Waals surface area contributed by atoms with Crippen LogP contribution in [0.2, 0.25) is 5.02 Å². The van der Waals surface area contributed by atoms with Crippen molar-refractivity contribution in [2.24, 2.45) is 0 Å². The summed E-state index contributed by atoms with van der Waals surface area (Å²) in [5.41, 5.74) is 0.997. The second kappa shape index (κ2) is 7.97. The van der Waals surface area contributed by atoms with Gasteiger partial charge in [-0.25, -0.2) is 14.5 Å². The number of pyridine rings is 1. The van der Waals surface area contributed by atoms with Crippen LogP contribution in [0.1, 0.15) is 24.2 Å². The van der Waals surface area contributed by atoms with E-state index in [2.05, 4.69) is 25.5 Å². The minimum atomic E-state index is -1.02. The van der Waals surface area contributed by atoms with Crippen molar-refractivity contribution in [2.75, 3.05) is 12.4 Å². The van der Waals surface area contributed by atoms with Gasteiger partial charge in [-0.3, -0.25) is 9.48 Å². The number of anilines is 1. The van der Waals surface area contributed by atoms with Crippen LogP contribution < -0.4 is 10.1 Å². The van der Waals surface area contributed by atoms with Crippen LogP contribution in [0.5, 0.6) is 5.88 Å². The summed E-state index contributed by atoms with van der Waals surface area (Å²) in [6, 6.07) is 3.37. The Kier molecular flexibility index (Phi) is 5.34. The summed E-state index contributed by atoms with van der Waals surface area (Å²) in [5, 5.41) is 22.1. The summed E-state index contributed by atoms with van der Waals surface area (Å²) in [6.45, 7) is 3.53. The predicted octanol–water partition coefficient (Wildman–Crippen LogP) is 2.67. The number of hydrogen-bond acceptors (Lipinski definition) is 7. The van der Waals surface area contributed by atoms with Crippen molar-refractivity contribution in [1.29, 1.82) is 0 Å². The number of nitrogens with one attached hydrogen (secondary N) is 1. The Labute approximate surface area is 182 Å². The fourth-order valence-corrected chi connectivity index (χ4v) is 3.28. The van der Waals surface area contributed by atoms with Crippen LogP contribution in [-0.4, -0.2) is 53.1 Å². The number of ether oxygens (including phenoxy) is 1. The number of nitrogens with zero attached hydrogens (tertiary/aromatic N) is 6. The molecule has 2 N–H and O–H groups in total. The molecule has 160 valence electrons. The van der Waals surface area contributed by atoms with E-state index < -0.39 is 11.5 Å². The van der Waals surface area contributed by atoms with E-state index in [0.717, 1.165) is 0 Å². The van der Waals surface area contributed by atoms with E-state index in [4.69, 9.17) is 16.3 Å². The highest BCUT2D eigenvalue weighted by Crippen LogP contribution is 2.35. The van der Waals surface area contributed by atoms with Crippen LogP contribution in [0.15, 0.2) is 43.1 Å². The van der Waals surface area contributed by atoms with Gasteiger partial charge in [0, 0.05) is 24.8 Å². The zero-order valence-electron chi connectivity index (χ0n) is 17.1. The molecule has 4 rings (SSSR count). The van der Waals surface area contributed by atoms with Crippen molar-refractivity contribution in [3.8, 4) is 17.1 Å². The molecule has 0 saturated heterocycles. The molecule has 0 saturated carbocycles. The quantitative estimate of drug-likeness (QED) is 0.472. The number of aromatic nitrogens is 6. The second-order valence-electron chi connectivity index (χ2n) is 7.51. The molecule has 0 aromatic carbocycles. The lowest BCUT2D eigenvalue weighted by atomic mass is 10.1. The Morgan fingerprint density at radius 3 is 2.87 bits per heavy atom. The fraction of sp³-hybridized carbons (Fsp3) is 0.250. The predicted molar refractivity (Wildman–Crippen MR) is 114 cm³/mol. The maximum Gasteiger partial charge on any atom is 0.261 e. The lowest BCUT2D eigenvalue weighted by Crippen LogP contribution is -2.26. The summed E-state index contributed by atoms with van der Waals surface area (Å²) in [5.74, 6) is -0.113. The van der Waals surface area contributed by atoms with E-state index in [-0.39, 0.29) is 6.54 Å². The summed E-state index contributed by atoms with van der Waals surface area (Å²) >= 11 is 6.14. The van der Waals surface area contributed by atoms with Gasteiger partial charge in [-0.1, -0.05) is 11.6 Å². The second-order valence-corrected chi connectivity index (χ2v) is 7.95. The molecule has 11 heteroatoms. The Hall–Kier alpha value is -3.50. The number of methoxy groups -OCH3 is 1. The molecular formula is C20H20ClN7O3. The van der Waals surface area contributed by atoms with Crippen LogP contribution in [-0.2, 0) is 6.54 Å². The van der Waals surface area contributed by atoms with Gasteiger partial charge in [0.15, 0.2) is 5.65 Å². The van der Waals surface area contributed by atoms with Crippen LogP contribution in [0.25, 0.3) is 16.9 Å². The number of hydrogen-bond donors (Lipinski definition) is 2. The van der Waals surface area contributed by atoms with Gasteiger partial charge in [0.05, 0.1) is 41.7 Å². The molecule has 4 heterocycles. The van der Waals surface area contributed by atoms with E-state index in [1.54, 1.807) is 49.3 Å². The first-order chi connectivity index (χ1) is 14.7. The largest absolute Gasteiger partial charge is 0.481 e. The molecule has 0 fully saturated rings. The first-order valence-electron chi connectivity index (χ1n) is 9.34. The molecule has 0 aliphatic carbocycles. The minimum absolute atomic E-state index is 0.199. The number of amides is 1. The summed E-state index contributed by atoms with van der Waals surface area (Å²) < 4.78 is 8.40. The molecular weight excluding hydrogens is 422 g/mol. The highest BCUT2D eigenvalue weighted by Gasteiger charge is 2.23. The first-order valence-corrected chi connectivity index (χ1v) is 9.72. The zero-order valence-corrected chi connectivity index (χ0v) is 17.8. The number of carbonyl (C=O) groups excluding carboxylic acids is 1. The number of carbonyl (C=O) groups is 1. The van der Waals surface area contributed by atoms with Gasteiger partial charge in [-0.2, -0.15) is 10.2 Å². The molecule has 4 aromatic heterocycles. The van der Waals surface area contributed by atoms with Gasteiger partial charge in [0.25, 0.3) is 5.91 Å². The van der Waals surface area contributed by atoms with Gasteiger partial charge in [-0.15, -0.1) is 0 Å². The van der Waals surface area contributed by atoms with Gasteiger partial charge in [-0.05, 0) is 26.0 Å². The van der Waals surface area contributed by atoms with Crippen molar-refractivity contribution in [3.05, 3.63) is 53.7 Å². The average Bonchev–Trinajstić information content (AvgIpc) is 3.30. The Balaban J connectivity index is 1.77. The number of rotatable bonds is 6. The Morgan fingerprint density at radius 1 is 1.32 bits per heavy atom. The summed E-state index contributed by atoms with van der Waals surface area (Å²) in [6.07, 6.45) is 7.82. The van der Waals surface area contributed by atoms with Gasteiger partial charge < -0.3 is 15.2 Å². The van der Waals surface area contributed by atoms with Gasteiger partial charge in [0.2, 0.25) is 5.88 Å². The third kappa shape index (κ3) is 4.35. The van der Waals surface area contributed by atoms with Crippen LogP contribution in [0, 0.1) is 0 Å². The number of halogens is 1. The fourth-order valence-electron chi connectivity index (χ4n) is 3.13. The van der Waals surface area contributed by atoms with E-state index in [1.807, 2.05) is 0 Å². The number of fused-ring (bicyclic) bond motifs is 1. The van der Waals surface area contributed by atoms with E-state index in [1.165, 1.54) is 24.0 Å². The Bertz CT molecular complexity index is 1260. The molecule has 0 bridgehead atoms. The standard InChI is InChI=1S/C20H20ClN7O3/c1-20(2,30)11-27-10-15(16(26-27)13-7-12(21)8-23-19(13)31-3)25-18(29)14-9-24-28-6-4-5-22-17(14)28/h4-10,30H,11H2,1-3H3,(H,25,29). The van der Waals surface area contributed by atoms with E-state index in [0.29, 0.717) is 39.1 Å². The third-order valence-electron chi connectivity index (χ3n) is 4.35. The first kappa shape index (κ1) is 20.8. The lowest BCUT2D eigenvalue weighted by molar-refractivity contribution is 0.0578. The van der Waals surface area contributed by atoms with Gasteiger partial charge >= 0.3 is 0 Å².